The number of nitrogens with two attached hydrogens (primary N) is 1. The van der Waals surface area contributed by atoms with Crippen LogP contribution in [0.5, 0.6) is 0 Å². The molecule has 1 fully saturated rings. The summed E-state index contributed by atoms with van der Waals surface area (Å²) in [5, 5.41) is 28.9. The lowest BCUT2D eigenvalue weighted by Crippen LogP contribution is -2.58. The van der Waals surface area contributed by atoms with Crippen molar-refractivity contribution in [2.24, 2.45) is 11.7 Å². The number of hydrogen-bond acceptors (Lipinski definition) is 7. The number of carbonyl (C=O) groups excluding carboxylic acids is 4. The maximum atomic E-state index is 12.7. The number of amides is 4. The van der Waals surface area contributed by atoms with E-state index in [1.165, 1.54) is 0 Å². The van der Waals surface area contributed by atoms with Crippen LogP contribution in [-0.2, 0) is 24.0 Å². The SMILES string of the molecule is CC(C)CC(NC(=O)C(CO)NC(=O)C(CCC(N)=O)NC(=O)C1CCCN1)C(=O)O. The van der Waals surface area contributed by atoms with E-state index in [4.69, 9.17) is 5.73 Å². The number of aliphatic hydroxyl groups excluding tert-OH is 1. The van der Waals surface area contributed by atoms with Crippen molar-refractivity contribution >= 4 is 29.6 Å². The summed E-state index contributed by atoms with van der Waals surface area (Å²) in [6.07, 6.45) is 1.31. The molecule has 0 aliphatic carbocycles. The van der Waals surface area contributed by atoms with Gasteiger partial charge in [0.15, 0.2) is 0 Å². The fourth-order valence-electron chi connectivity index (χ4n) is 3.17. The second kappa shape index (κ2) is 12.8. The Hall–Kier alpha value is -2.73. The highest BCUT2D eigenvalue weighted by Gasteiger charge is 2.31. The molecule has 31 heavy (non-hydrogen) atoms. The monoisotopic (exact) mass is 443 g/mol. The van der Waals surface area contributed by atoms with Crippen LogP contribution in [0.4, 0.5) is 0 Å². The van der Waals surface area contributed by atoms with Crippen molar-refractivity contribution in [3.05, 3.63) is 0 Å². The van der Waals surface area contributed by atoms with E-state index in [9.17, 15) is 34.2 Å². The van der Waals surface area contributed by atoms with Gasteiger partial charge < -0.3 is 37.2 Å². The predicted molar refractivity (Wildman–Crippen MR) is 109 cm³/mol. The van der Waals surface area contributed by atoms with E-state index in [-0.39, 0.29) is 25.2 Å². The van der Waals surface area contributed by atoms with Crippen molar-refractivity contribution < 1.29 is 34.2 Å². The molecule has 0 aromatic carbocycles. The summed E-state index contributed by atoms with van der Waals surface area (Å²) in [4.78, 5) is 59.9. The third-order valence-electron chi connectivity index (χ3n) is 4.83. The third kappa shape index (κ3) is 9.30. The molecule has 1 rings (SSSR count). The van der Waals surface area contributed by atoms with E-state index in [0.29, 0.717) is 13.0 Å². The van der Waals surface area contributed by atoms with Gasteiger partial charge in [-0.3, -0.25) is 19.2 Å². The lowest BCUT2D eigenvalue weighted by atomic mass is 10.0. The van der Waals surface area contributed by atoms with Gasteiger partial charge in [0.05, 0.1) is 12.6 Å². The third-order valence-corrected chi connectivity index (χ3v) is 4.83. The molecule has 1 aliphatic rings. The fraction of sp³-hybridized carbons (Fsp3) is 0.737. The number of hydrogen-bond donors (Lipinski definition) is 7. The molecule has 0 bridgehead atoms. The molecule has 0 aromatic heterocycles. The summed E-state index contributed by atoms with van der Waals surface area (Å²) in [6, 6.07) is -4.24. The minimum Gasteiger partial charge on any atom is -0.480 e. The number of primary amides is 1. The van der Waals surface area contributed by atoms with Crippen LogP contribution in [0.2, 0.25) is 0 Å². The van der Waals surface area contributed by atoms with E-state index >= 15 is 0 Å². The maximum absolute atomic E-state index is 12.7. The molecule has 0 spiro atoms. The van der Waals surface area contributed by atoms with Crippen LogP contribution in [0, 0.1) is 5.92 Å². The van der Waals surface area contributed by atoms with Gasteiger partial charge in [-0.1, -0.05) is 13.8 Å². The summed E-state index contributed by atoms with van der Waals surface area (Å²) >= 11 is 0. The number of rotatable bonds is 13. The molecule has 4 amide bonds. The summed E-state index contributed by atoms with van der Waals surface area (Å²) in [6.45, 7) is 3.47. The Balaban J connectivity index is 2.81. The lowest BCUT2D eigenvalue weighted by molar-refractivity contribution is -0.143. The van der Waals surface area contributed by atoms with E-state index in [1.807, 2.05) is 0 Å². The van der Waals surface area contributed by atoms with Crippen LogP contribution >= 0.6 is 0 Å². The Morgan fingerprint density at radius 3 is 2.13 bits per heavy atom. The highest BCUT2D eigenvalue weighted by Crippen LogP contribution is 2.08. The molecule has 4 unspecified atom stereocenters. The topological polar surface area (TPSA) is 200 Å². The van der Waals surface area contributed by atoms with Gasteiger partial charge in [-0.25, -0.2) is 4.79 Å². The first-order chi connectivity index (χ1) is 14.5. The molecular formula is C19H33N5O7. The number of aliphatic carboxylic acids is 1. The van der Waals surface area contributed by atoms with Gasteiger partial charge in [-0.05, 0) is 38.1 Å². The predicted octanol–water partition coefficient (Wildman–Crippen LogP) is -2.42. The van der Waals surface area contributed by atoms with Crippen LogP contribution < -0.4 is 27.0 Å². The first kappa shape index (κ1) is 26.3. The smallest absolute Gasteiger partial charge is 0.326 e. The minimum absolute atomic E-state index is 0.0128. The van der Waals surface area contributed by atoms with Gasteiger partial charge in [0.25, 0.3) is 0 Å². The number of carboxylic acid groups (broad SMARTS) is 1. The number of aliphatic hydroxyl groups is 1. The van der Waals surface area contributed by atoms with Gasteiger partial charge in [-0.15, -0.1) is 0 Å². The molecule has 1 saturated heterocycles. The Morgan fingerprint density at radius 1 is 1.03 bits per heavy atom. The highest BCUT2D eigenvalue weighted by molar-refractivity contribution is 5.94. The van der Waals surface area contributed by atoms with Gasteiger partial charge in [0, 0.05) is 6.42 Å². The van der Waals surface area contributed by atoms with Crippen LogP contribution in [-0.4, -0.2) is 77.1 Å². The first-order valence-corrected chi connectivity index (χ1v) is 10.3. The Kier molecular flexibility index (Phi) is 10.9. The Morgan fingerprint density at radius 2 is 1.65 bits per heavy atom. The minimum atomic E-state index is -1.43. The summed E-state index contributed by atoms with van der Waals surface area (Å²) in [7, 11) is 0. The quantitative estimate of drug-likeness (QED) is 0.163. The van der Waals surface area contributed by atoms with Gasteiger partial charge in [0.1, 0.15) is 18.1 Å². The average Bonchev–Trinajstić information content (AvgIpc) is 3.22. The van der Waals surface area contributed by atoms with E-state index in [2.05, 4.69) is 21.3 Å². The zero-order valence-electron chi connectivity index (χ0n) is 17.8. The van der Waals surface area contributed by atoms with Crippen molar-refractivity contribution in [1.82, 2.24) is 21.3 Å². The Bertz CT molecular complexity index is 664. The fourth-order valence-corrected chi connectivity index (χ4v) is 3.17. The molecule has 1 aliphatic heterocycles. The molecular weight excluding hydrogens is 410 g/mol. The molecule has 0 aromatic rings. The molecule has 0 saturated carbocycles. The van der Waals surface area contributed by atoms with Gasteiger partial charge >= 0.3 is 5.97 Å². The molecule has 12 heteroatoms. The molecule has 12 nitrogen and oxygen atoms in total. The Labute approximate surface area is 180 Å². The van der Waals surface area contributed by atoms with Gasteiger partial charge in [0.2, 0.25) is 23.6 Å². The van der Waals surface area contributed by atoms with Crippen molar-refractivity contribution in [2.45, 2.75) is 70.1 Å². The molecule has 1 heterocycles. The average molecular weight is 444 g/mol. The van der Waals surface area contributed by atoms with Crippen molar-refractivity contribution in [1.29, 1.82) is 0 Å². The van der Waals surface area contributed by atoms with Crippen LogP contribution in [0.3, 0.4) is 0 Å². The highest BCUT2D eigenvalue weighted by atomic mass is 16.4. The largest absolute Gasteiger partial charge is 0.480 e. The zero-order valence-corrected chi connectivity index (χ0v) is 17.8. The lowest BCUT2D eigenvalue weighted by Gasteiger charge is -2.24. The van der Waals surface area contributed by atoms with Crippen LogP contribution in [0.25, 0.3) is 0 Å². The van der Waals surface area contributed by atoms with E-state index < -0.39 is 60.4 Å². The van der Waals surface area contributed by atoms with Crippen LogP contribution in [0.1, 0.15) is 46.0 Å². The van der Waals surface area contributed by atoms with Crippen LogP contribution in [0.15, 0.2) is 0 Å². The number of carboxylic acids is 1. The molecule has 4 atom stereocenters. The van der Waals surface area contributed by atoms with Crippen molar-refractivity contribution in [3.8, 4) is 0 Å². The standard InChI is InChI=1S/C19H33N5O7/c1-10(2)8-13(19(30)31)23-18(29)14(9-25)24-17(28)12(5-6-15(20)26)22-16(27)11-4-3-7-21-11/h10-14,21,25H,3-9H2,1-2H3,(H2,20,26)(H,22,27)(H,23,29)(H,24,28)(H,30,31). The zero-order chi connectivity index (χ0) is 23.6. The normalized spacial score (nSPS) is 18.6. The summed E-state index contributed by atoms with van der Waals surface area (Å²) in [5.74, 6) is -4.00. The van der Waals surface area contributed by atoms with Crippen molar-refractivity contribution in [2.75, 3.05) is 13.2 Å². The number of nitrogens with one attached hydrogen (secondary N) is 4. The first-order valence-electron chi connectivity index (χ1n) is 10.3. The van der Waals surface area contributed by atoms with E-state index in [1.54, 1.807) is 13.8 Å². The maximum Gasteiger partial charge on any atom is 0.326 e. The molecule has 0 radical (unpaired) electrons. The number of carbonyl (C=O) groups is 5. The van der Waals surface area contributed by atoms with E-state index in [0.717, 1.165) is 6.42 Å². The second-order valence-corrected chi connectivity index (χ2v) is 7.99. The summed E-state index contributed by atoms with van der Waals surface area (Å²) in [5.41, 5.74) is 5.14. The van der Waals surface area contributed by atoms with Gasteiger partial charge in [-0.2, -0.15) is 0 Å². The molecule has 8 N–H and O–H groups in total. The molecule has 176 valence electrons. The second-order valence-electron chi connectivity index (χ2n) is 7.99. The van der Waals surface area contributed by atoms with Crippen molar-refractivity contribution in [3.63, 3.8) is 0 Å². The summed E-state index contributed by atoms with van der Waals surface area (Å²) < 4.78 is 0.